The third-order valence-corrected chi connectivity index (χ3v) is 3.84. The largest absolute Gasteiger partial charge is 0.478 e. The molecule has 2 aromatic rings. The van der Waals surface area contributed by atoms with E-state index in [2.05, 4.69) is 4.98 Å². The molecule has 1 aromatic carbocycles. The van der Waals surface area contributed by atoms with Crippen molar-refractivity contribution in [3.8, 4) is 0 Å². The summed E-state index contributed by atoms with van der Waals surface area (Å²) in [6.07, 6.45) is 0. The summed E-state index contributed by atoms with van der Waals surface area (Å²) >= 11 is 7.35. The van der Waals surface area contributed by atoms with E-state index in [4.69, 9.17) is 16.7 Å². The first kappa shape index (κ1) is 13.9. The molecule has 0 aliphatic heterocycles. The number of carboxylic acids is 1. The van der Waals surface area contributed by atoms with Gasteiger partial charge in [0.15, 0.2) is 0 Å². The lowest BCUT2D eigenvalue weighted by Gasteiger charge is -2.05. The minimum absolute atomic E-state index is 0.337. The summed E-state index contributed by atoms with van der Waals surface area (Å²) in [4.78, 5) is 16.2. The normalized spacial score (nSPS) is 10.4. The number of nitrogens with zero attached hydrogens (tertiary/aromatic N) is 1. The van der Waals surface area contributed by atoms with Gasteiger partial charge in [0.25, 0.3) is 0 Å². The van der Waals surface area contributed by atoms with Crippen molar-refractivity contribution in [2.24, 2.45) is 0 Å². The van der Waals surface area contributed by atoms with Gasteiger partial charge in [-0.1, -0.05) is 23.7 Å². The number of halogens is 1. The monoisotopic (exact) mass is 293 g/mol. The van der Waals surface area contributed by atoms with Crippen LogP contribution in [0.2, 0.25) is 5.15 Å². The van der Waals surface area contributed by atoms with Gasteiger partial charge in [-0.3, -0.25) is 0 Å². The van der Waals surface area contributed by atoms with Gasteiger partial charge in [0.1, 0.15) is 5.15 Å². The maximum atomic E-state index is 11.1. The average Bonchev–Trinajstić information content (AvgIpc) is 2.37. The van der Waals surface area contributed by atoms with Crippen molar-refractivity contribution in [2.45, 2.75) is 17.6 Å². The van der Waals surface area contributed by atoms with E-state index in [-0.39, 0.29) is 0 Å². The number of aryl methyl sites for hydroxylation is 1. The number of hydrogen-bond acceptors (Lipinski definition) is 3. The highest BCUT2D eigenvalue weighted by molar-refractivity contribution is 7.98. The summed E-state index contributed by atoms with van der Waals surface area (Å²) in [7, 11) is 0. The zero-order valence-corrected chi connectivity index (χ0v) is 11.8. The van der Waals surface area contributed by atoms with Crippen LogP contribution in [0.1, 0.15) is 21.6 Å². The van der Waals surface area contributed by atoms with Gasteiger partial charge in [-0.05, 0) is 36.8 Å². The summed E-state index contributed by atoms with van der Waals surface area (Å²) < 4.78 is 0. The molecule has 0 spiro atoms. The quantitative estimate of drug-likeness (QED) is 0.683. The highest BCUT2D eigenvalue weighted by atomic mass is 35.5. The third-order valence-electron chi connectivity index (χ3n) is 2.60. The van der Waals surface area contributed by atoms with Gasteiger partial charge in [-0.15, -0.1) is 11.8 Å². The minimum atomic E-state index is -0.902. The molecular weight excluding hydrogens is 282 g/mol. The Labute approximate surface area is 120 Å². The Morgan fingerprint density at radius 2 is 2.16 bits per heavy atom. The number of thioether (sulfide) groups is 1. The Hall–Kier alpha value is -1.52. The fourth-order valence-corrected chi connectivity index (χ4v) is 2.63. The Balaban J connectivity index is 2.12. The van der Waals surface area contributed by atoms with Crippen molar-refractivity contribution in [3.63, 3.8) is 0 Å². The molecule has 0 bridgehead atoms. The predicted molar refractivity (Wildman–Crippen MR) is 76.9 cm³/mol. The highest BCUT2D eigenvalue weighted by Gasteiger charge is 2.08. The summed E-state index contributed by atoms with van der Waals surface area (Å²) in [5, 5.41) is 9.54. The van der Waals surface area contributed by atoms with Crippen molar-refractivity contribution in [1.82, 2.24) is 4.98 Å². The molecule has 1 N–H and O–H groups in total. The second-order valence-electron chi connectivity index (χ2n) is 4.02. The van der Waals surface area contributed by atoms with E-state index < -0.39 is 5.97 Å². The molecule has 0 saturated carbocycles. The van der Waals surface area contributed by atoms with Gasteiger partial charge in [-0.25, -0.2) is 9.78 Å². The molecule has 0 amide bonds. The van der Waals surface area contributed by atoms with Crippen molar-refractivity contribution < 1.29 is 9.90 Å². The van der Waals surface area contributed by atoms with Crippen LogP contribution in [-0.2, 0) is 5.75 Å². The molecule has 0 aliphatic carbocycles. The van der Waals surface area contributed by atoms with E-state index in [1.54, 1.807) is 19.1 Å². The van der Waals surface area contributed by atoms with E-state index in [9.17, 15) is 4.79 Å². The molecule has 0 unspecified atom stereocenters. The first-order chi connectivity index (χ1) is 9.06. The lowest BCUT2D eigenvalue weighted by molar-refractivity contribution is 0.0696. The van der Waals surface area contributed by atoms with Crippen LogP contribution in [0.5, 0.6) is 0 Å². The first-order valence-corrected chi connectivity index (χ1v) is 7.01. The zero-order chi connectivity index (χ0) is 13.8. The van der Waals surface area contributed by atoms with Gasteiger partial charge in [0, 0.05) is 10.6 Å². The molecule has 3 nitrogen and oxygen atoms in total. The molecule has 0 fully saturated rings. The fraction of sp³-hybridized carbons (Fsp3) is 0.143. The van der Waals surface area contributed by atoms with Crippen LogP contribution >= 0.6 is 23.4 Å². The Kier molecular flexibility index (Phi) is 4.45. The molecule has 2 rings (SSSR count). The van der Waals surface area contributed by atoms with Gasteiger partial charge < -0.3 is 5.11 Å². The van der Waals surface area contributed by atoms with Gasteiger partial charge in [-0.2, -0.15) is 0 Å². The number of hydrogen-bond donors (Lipinski definition) is 1. The highest BCUT2D eigenvalue weighted by Crippen LogP contribution is 2.25. The SMILES string of the molecule is Cc1ccc(SCc2cccc(Cl)n2)cc1C(=O)O. The van der Waals surface area contributed by atoms with E-state index in [1.165, 1.54) is 11.8 Å². The second-order valence-corrected chi connectivity index (χ2v) is 5.46. The van der Waals surface area contributed by atoms with Crippen molar-refractivity contribution in [1.29, 1.82) is 0 Å². The molecule has 1 aromatic heterocycles. The molecule has 5 heteroatoms. The number of benzene rings is 1. The van der Waals surface area contributed by atoms with E-state index in [1.807, 2.05) is 24.3 Å². The van der Waals surface area contributed by atoms with E-state index in [0.717, 1.165) is 16.2 Å². The van der Waals surface area contributed by atoms with Crippen LogP contribution in [-0.4, -0.2) is 16.1 Å². The lowest BCUT2D eigenvalue weighted by Crippen LogP contribution is -1.99. The van der Waals surface area contributed by atoms with Crippen molar-refractivity contribution in [3.05, 3.63) is 58.4 Å². The van der Waals surface area contributed by atoms with Crippen molar-refractivity contribution >= 4 is 29.3 Å². The van der Waals surface area contributed by atoms with Crippen LogP contribution in [0, 0.1) is 6.92 Å². The van der Waals surface area contributed by atoms with Crippen LogP contribution in [0.3, 0.4) is 0 Å². The molecule has 0 radical (unpaired) electrons. The van der Waals surface area contributed by atoms with Crippen LogP contribution < -0.4 is 0 Å². The first-order valence-electron chi connectivity index (χ1n) is 5.64. The van der Waals surface area contributed by atoms with Crippen molar-refractivity contribution in [2.75, 3.05) is 0 Å². The predicted octanol–water partition coefficient (Wildman–Crippen LogP) is 4.03. The van der Waals surface area contributed by atoms with Crippen LogP contribution in [0.4, 0.5) is 0 Å². The Morgan fingerprint density at radius 3 is 2.84 bits per heavy atom. The maximum Gasteiger partial charge on any atom is 0.335 e. The summed E-state index contributed by atoms with van der Waals surface area (Å²) in [5.41, 5.74) is 1.97. The topological polar surface area (TPSA) is 50.2 Å². The van der Waals surface area contributed by atoms with Gasteiger partial charge in [0.05, 0.1) is 11.3 Å². The van der Waals surface area contributed by atoms with E-state index in [0.29, 0.717) is 16.5 Å². The fourth-order valence-electron chi connectivity index (χ4n) is 1.61. The zero-order valence-electron chi connectivity index (χ0n) is 10.3. The standard InChI is InChI=1S/C14H12ClNO2S/c1-9-5-6-11(7-12(9)14(17)18)19-8-10-3-2-4-13(15)16-10/h2-7H,8H2,1H3,(H,17,18). The Morgan fingerprint density at radius 1 is 1.37 bits per heavy atom. The molecule has 0 saturated heterocycles. The molecule has 19 heavy (non-hydrogen) atoms. The number of rotatable bonds is 4. The summed E-state index contributed by atoms with van der Waals surface area (Å²) in [6.45, 7) is 1.79. The molecule has 1 heterocycles. The van der Waals surface area contributed by atoms with Gasteiger partial charge >= 0.3 is 5.97 Å². The molecular formula is C14H12ClNO2S. The molecule has 0 aliphatic rings. The summed E-state index contributed by atoms with van der Waals surface area (Å²) in [6, 6.07) is 10.9. The van der Waals surface area contributed by atoms with Crippen LogP contribution in [0.15, 0.2) is 41.3 Å². The number of aromatic nitrogens is 1. The van der Waals surface area contributed by atoms with E-state index >= 15 is 0 Å². The smallest absolute Gasteiger partial charge is 0.335 e. The average molecular weight is 294 g/mol. The number of carbonyl (C=O) groups is 1. The number of pyridine rings is 1. The lowest BCUT2D eigenvalue weighted by atomic mass is 10.1. The summed E-state index contributed by atoms with van der Waals surface area (Å²) in [5.74, 6) is -0.247. The number of aromatic carboxylic acids is 1. The third kappa shape index (κ3) is 3.72. The minimum Gasteiger partial charge on any atom is -0.478 e. The van der Waals surface area contributed by atoms with Gasteiger partial charge in [0.2, 0.25) is 0 Å². The second kappa shape index (κ2) is 6.08. The molecule has 0 atom stereocenters. The Bertz CT molecular complexity index is 616. The number of carboxylic acid groups (broad SMARTS) is 1. The molecule has 98 valence electrons. The van der Waals surface area contributed by atoms with Crippen LogP contribution in [0.25, 0.3) is 0 Å². The maximum absolute atomic E-state index is 11.1.